The zero-order chi connectivity index (χ0) is 29.1. The summed E-state index contributed by atoms with van der Waals surface area (Å²) in [6, 6.07) is 13.0. The van der Waals surface area contributed by atoms with E-state index < -0.39 is 0 Å². The number of aromatic nitrogens is 5. The van der Waals surface area contributed by atoms with Crippen molar-refractivity contribution in [2.75, 3.05) is 56.3 Å². The number of piperazine rings is 1. The minimum Gasteiger partial charge on any atom is -0.493 e. The maximum atomic E-state index is 6.29. The molecule has 0 amide bonds. The second-order valence-electron chi connectivity index (χ2n) is 12.7. The normalized spacial score (nSPS) is 26.7. The molecule has 4 bridgehead atoms. The van der Waals surface area contributed by atoms with E-state index in [1.54, 1.807) is 20.3 Å². The Bertz CT molecular complexity index is 1600. The summed E-state index contributed by atoms with van der Waals surface area (Å²) in [5, 5.41) is 8.63. The van der Waals surface area contributed by atoms with Gasteiger partial charge >= 0.3 is 0 Å². The van der Waals surface area contributed by atoms with Crippen LogP contribution in [0.25, 0.3) is 16.7 Å². The van der Waals surface area contributed by atoms with Gasteiger partial charge in [-0.15, -0.1) is 5.10 Å². The summed E-state index contributed by atoms with van der Waals surface area (Å²) in [6.07, 6.45) is 8.96. The highest BCUT2D eigenvalue weighted by Gasteiger charge is 2.50. The topological polar surface area (TPSA) is 119 Å². The number of nitrogens with zero attached hydrogens (tertiary/aromatic N) is 7. The fraction of sp³-hybridized carbons (Fsp3) is 0.500. The summed E-state index contributed by atoms with van der Waals surface area (Å²) in [4.78, 5) is 18.6. The molecule has 11 heteroatoms. The van der Waals surface area contributed by atoms with Gasteiger partial charge in [0, 0.05) is 55.0 Å². The molecule has 0 spiro atoms. The minimum atomic E-state index is 0.214. The molecular weight excluding hydrogens is 542 g/mol. The van der Waals surface area contributed by atoms with Crippen LogP contribution in [0.1, 0.15) is 32.1 Å². The van der Waals surface area contributed by atoms with Crippen LogP contribution in [0.2, 0.25) is 0 Å². The van der Waals surface area contributed by atoms with Crippen LogP contribution in [0.5, 0.6) is 11.5 Å². The Hall–Kier alpha value is -4.12. The summed E-state index contributed by atoms with van der Waals surface area (Å²) in [5.74, 6) is 6.25. The predicted octanol–water partition coefficient (Wildman–Crippen LogP) is 4.50. The zero-order valence-electron chi connectivity index (χ0n) is 24.8. The first kappa shape index (κ1) is 26.5. The van der Waals surface area contributed by atoms with Gasteiger partial charge in [-0.3, -0.25) is 4.90 Å². The number of nitrogens with two attached hydrogens (primary N) is 1. The quantitative estimate of drug-likeness (QED) is 0.323. The number of hydrogen-bond acceptors (Lipinski definition) is 10. The van der Waals surface area contributed by atoms with Crippen LogP contribution in [0.15, 0.2) is 42.7 Å². The second-order valence-corrected chi connectivity index (χ2v) is 12.7. The van der Waals surface area contributed by atoms with Gasteiger partial charge in [0.2, 0.25) is 11.9 Å². The van der Waals surface area contributed by atoms with E-state index in [9.17, 15) is 0 Å². The second kappa shape index (κ2) is 10.6. The third kappa shape index (κ3) is 4.70. The van der Waals surface area contributed by atoms with Crippen molar-refractivity contribution >= 4 is 34.2 Å². The van der Waals surface area contributed by atoms with E-state index in [0.29, 0.717) is 28.8 Å². The van der Waals surface area contributed by atoms with Gasteiger partial charge in [0.1, 0.15) is 6.33 Å². The van der Waals surface area contributed by atoms with Gasteiger partial charge in [0.25, 0.3) is 0 Å². The molecule has 2 aromatic carbocycles. The molecule has 5 fully saturated rings. The number of anilines is 4. The first-order chi connectivity index (χ1) is 21.1. The van der Waals surface area contributed by atoms with Crippen molar-refractivity contribution in [2.24, 2.45) is 23.7 Å². The monoisotopic (exact) mass is 581 g/mol. The van der Waals surface area contributed by atoms with Crippen molar-refractivity contribution in [2.45, 2.75) is 38.1 Å². The highest BCUT2D eigenvalue weighted by molar-refractivity contribution is 5.88. The molecule has 4 aromatic rings. The molecule has 43 heavy (non-hydrogen) atoms. The van der Waals surface area contributed by atoms with Crippen molar-refractivity contribution in [3.05, 3.63) is 42.7 Å². The molecule has 3 heterocycles. The van der Waals surface area contributed by atoms with Crippen molar-refractivity contribution in [1.29, 1.82) is 0 Å². The number of rotatable bonds is 7. The molecule has 9 rings (SSSR count). The van der Waals surface area contributed by atoms with Crippen LogP contribution < -0.4 is 25.4 Å². The summed E-state index contributed by atoms with van der Waals surface area (Å²) in [5.41, 5.74) is 9.12. The Morgan fingerprint density at radius 3 is 2.19 bits per heavy atom. The molecule has 2 aromatic heterocycles. The Balaban J connectivity index is 0.940. The number of methoxy groups -OCH3 is 2. The third-order valence-corrected chi connectivity index (χ3v) is 10.4. The first-order valence-corrected chi connectivity index (χ1v) is 15.5. The van der Waals surface area contributed by atoms with Gasteiger partial charge in [-0.25, -0.2) is 9.97 Å². The van der Waals surface area contributed by atoms with Gasteiger partial charge < -0.3 is 25.4 Å². The maximum absolute atomic E-state index is 6.29. The summed E-state index contributed by atoms with van der Waals surface area (Å²) in [6.45, 7) is 4.51. The number of nitrogen functional groups attached to an aromatic ring is 1. The Morgan fingerprint density at radius 2 is 1.51 bits per heavy atom. The minimum absolute atomic E-state index is 0.214. The van der Waals surface area contributed by atoms with Crippen LogP contribution in [0.3, 0.4) is 0 Å². The standard InChI is InChI=1S/C32H39N9O2/c1-42-27-16-25-26(17-28(27)43-2)34-18-35-30(25)41-31(33)37-32(38-41)36-23-3-5-24(6-4-23)39-7-9-40(10-8-39)29-21-12-19-11-20(14-21)15-22(29)13-19/h3-6,16-22,29H,7-15H2,1-2H3,(H3,33,36,37,38). The van der Waals surface area contributed by atoms with Crippen molar-refractivity contribution in [1.82, 2.24) is 29.6 Å². The number of fused-ring (bicyclic) bond motifs is 1. The molecule has 0 radical (unpaired) electrons. The van der Waals surface area contributed by atoms with E-state index in [2.05, 4.69) is 59.4 Å². The van der Waals surface area contributed by atoms with Crippen LogP contribution in [-0.4, -0.2) is 76.1 Å². The molecule has 5 aliphatic rings. The fourth-order valence-electron chi connectivity index (χ4n) is 8.73. The van der Waals surface area contributed by atoms with Crippen LogP contribution >= 0.6 is 0 Å². The first-order valence-electron chi connectivity index (χ1n) is 15.5. The van der Waals surface area contributed by atoms with Gasteiger partial charge in [0.15, 0.2) is 17.3 Å². The smallest absolute Gasteiger partial charge is 0.248 e. The van der Waals surface area contributed by atoms with Crippen molar-refractivity contribution < 1.29 is 9.47 Å². The Morgan fingerprint density at radius 1 is 0.837 bits per heavy atom. The lowest BCUT2D eigenvalue weighted by Crippen LogP contribution is -2.60. The molecule has 4 aliphatic carbocycles. The van der Waals surface area contributed by atoms with Crippen LogP contribution in [0, 0.1) is 23.7 Å². The molecule has 224 valence electrons. The summed E-state index contributed by atoms with van der Waals surface area (Å²) < 4.78 is 12.4. The predicted molar refractivity (Wildman–Crippen MR) is 166 cm³/mol. The molecule has 0 atom stereocenters. The highest BCUT2D eigenvalue weighted by atomic mass is 16.5. The molecule has 0 unspecified atom stereocenters. The largest absolute Gasteiger partial charge is 0.493 e. The number of ether oxygens (including phenoxy) is 2. The highest BCUT2D eigenvalue weighted by Crippen LogP contribution is 2.55. The van der Waals surface area contributed by atoms with E-state index in [-0.39, 0.29) is 5.95 Å². The third-order valence-electron chi connectivity index (χ3n) is 10.4. The SMILES string of the molecule is COc1cc2ncnc(-n3nc(Nc4ccc(N5CCN(C6C7CC8CC(C7)CC6C8)CC5)cc4)nc3N)c2cc1OC. The van der Waals surface area contributed by atoms with E-state index in [4.69, 9.17) is 15.2 Å². The van der Waals surface area contributed by atoms with E-state index in [0.717, 1.165) is 53.9 Å². The maximum Gasteiger partial charge on any atom is 0.248 e. The van der Waals surface area contributed by atoms with Gasteiger partial charge in [-0.2, -0.15) is 9.67 Å². The van der Waals surface area contributed by atoms with Gasteiger partial charge in [-0.05, 0) is 86.1 Å². The molecular formula is C32H39N9O2. The zero-order valence-corrected chi connectivity index (χ0v) is 24.8. The van der Waals surface area contributed by atoms with E-state index in [1.807, 2.05) is 6.07 Å². The van der Waals surface area contributed by atoms with E-state index in [1.165, 1.54) is 61.9 Å². The fourth-order valence-corrected chi connectivity index (χ4v) is 8.73. The Labute approximate surface area is 251 Å². The van der Waals surface area contributed by atoms with Crippen LogP contribution in [-0.2, 0) is 0 Å². The average molecular weight is 582 g/mol. The number of nitrogens with one attached hydrogen (secondary N) is 1. The molecule has 1 saturated heterocycles. The summed E-state index contributed by atoms with van der Waals surface area (Å²) in [7, 11) is 3.18. The average Bonchev–Trinajstić information content (AvgIpc) is 3.39. The Kier molecular flexibility index (Phi) is 6.50. The van der Waals surface area contributed by atoms with Gasteiger partial charge in [0.05, 0.1) is 19.7 Å². The molecule has 11 nitrogen and oxygen atoms in total. The lowest BCUT2D eigenvalue weighted by molar-refractivity contribution is -0.0665. The van der Waals surface area contributed by atoms with E-state index >= 15 is 0 Å². The van der Waals surface area contributed by atoms with Crippen molar-refractivity contribution in [3.8, 4) is 17.3 Å². The van der Waals surface area contributed by atoms with Crippen LogP contribution in [0.4, 0.5) is 23.3 Å². The molecule has 3 N–H and O–H groups in total. The molecule has 1 aliphatic heterocycles. The molecule has 4 saturated carbocycles. The summed E-state index contributed by atoms with van der Waals surface area (Å²) >= 11 is 0. The van der Waals surface area contributed by atoms with Crippen molar-refractivity contribution in [3.63, 3.8) is 0 Å². The lowest BCUT2D eigenvalue weighted by atomic mass is 9.54. The van der Waals surface area contributed by atoms with Gasteiger partial charge in [-0.1, -0.05) is 0 Å². The number of benzene rings is 2. The number of hydrogen-bond donors (Lipinski definition) is 2. The lowest BCUT2D eigenvalue weighted by Gasteiger charge is -2.58.